The van der Waals surface area contributed by atoms with E-state index in [-0.39, 0.29) is 30.7 Å². The van der Waals surface area contributed by atoms with E-state index in [1.807, 2.05) is 0 Å². The summed E-state index contributed by atoms with van der Waals surface area (Å²) in [6.07, 6.45) is 0. The summed E-state index contributed by atoms with van der Waals surface area (Å²) in [6, 6.07) is 4.95. The predicted octanol–water partition coefficient (Wildman–Crippen LogP) is 1.39. The van der Waals surface area contributed by atoms with Crippen molar-refractivity contribution in [2.75, 3.05) is 13.6 Å². The Bertz CT molecular complexity index is 358. The predicted molar refractivity (Wildman–Crippen MR) is 64.2 cm³/mol. The number of halogens is 2. The van der Waals surface area contributed by atoms with Crippen molar-refractivity contribution in [1.82, 2.24) is 10.6 Å². The lowest BCUT2D eigenvalue weighted by Gasteiger charge is -2.05. The molecule has 90 valence electrons. The summed E-state index contributed by atoms with van der Waals surface area (Å²) in [5, 5.41) is 5.42. The number of benzene rings is 1. The van der Waals surface area contributed by atoms with Gasteiger partial charge >= 0.3 is 0 Å². The van der Waals surface area contributed by atoms with Gasteiger partial charge in [0.25, 0.3) is 0 Å². The van der Waals surface area contributed by atoms with Crippen LogP contribution in [0.25, 0.3) is 0 Å². The van der Waals surface area contributed by atoms with Crippen LogP contribution in [0.1, 0.15) is 11.1 Å². The molecular formula is C11H16ClFN2O. The monoisotopic (exact) mass is 246 g/mol. The number of nitrogens with one attached hydrogen (secondary N) is 2. The Hall–Kier alpha value is -1.13. The summed E-state index contributed by atoms with van der Waals surface area (Å²) in [5.41, 5.74) is 1.38. The third-order valence-corrected chi connectivity index (χ3v) is 2.06. The number of amides is 1. The van der Waals surface area contributed by atoms with Gasteiger partial charge in [-0.15, -0.1) is 12.4 Å². The molecule has 5 heteroatoms. The second kappa shape index (κ2) is 7.19. The zero-order valence-corrected chi connectivity index (χ0v) is 10.2. The Morgan fingerprint density at radius 3 is 2.69 bits per heavy atom. The van der Waals surface area contributed by atoms with Crippen molar-refractivity contribution in [2.45, 2.75) is 13.5 Å². The van der Waals surface area contributed by atoms with E-state index in [9.17, 15) is 9.18 Å². The number of hydrogen-bond acceptors (Lipinski definition) is 2. The molecule has 0 spiro atoms. The molecule has 0 saturated carbocycles. The van der Waals surface area contributed by atoms with Crippen molar-refractivity contribution in [3.8, 4) is 0 Å². The number of rotatable bonds is 4. The van der Waals surface area contributed by atoms with Crippen LogP contribution in [0.5, 0.6) is 0 Å². The second-order valence-electron chi connectivity index (χ2n) is 3.39. The Labute approximate surface area is 101 Å². The standard InChI is InChI=1S/C11H15FN2O.ClH/c1-8-3-4-9(5-10(8)12)6-14-11(15)7-13-2;/h3-5,13H,6-7H2,1-2H3,(H,14,15);1H. The fraction of sp³-hybridized carbons (Fsp3) is 0.364. The maximum absolute atomic E-state index is 13.1. The zero-order valence-electron chi connectivity index (χ0n) is 9.34. The lowest BCUT2D eigenvalue weighted by Crippen LogP contribution is -2.31. The van der Waals surface area contributed by atoms with Gasteiger partial charge in [0, 0.05) is 6.54 Å². The van der Waals surface area contributed by atoms with Gasteiger partial charge < -0.3 is 10.6 Å². The highest BCUT2D eigenvalue weighted by molar-refractivity contribution is 5.85. The van der Waals surface area contributed by atoms with E-state index in [4.69, 9.17) is 0 Å². The molecular weight excluding hydrogens is 231 g/mol. The van der Waals surface area contributed by atoms with Crippen LogP contribution < -0.4 is 10.6 Å². The fourth-order valence-corrected chi connectivity index (χ4v) is 1.17. The van der Waals surface area contributed by atoms with E-state index >= 15 is 0 Å². The molecule has 1 aromatic carbocycles. The summed E-state index contributed by atoms with van der Waals surface area (Å²) in [7, 11) is 1.70. The van der Waals surface area contributed by atoms with E-state index in [1.54, 1.807) is 26.1 Å². The summed E-state index contributed by atoms with van der Waals surface area (Å²) >= 11 is 0. The number of carbonyl (C=O) groups excluding carboxylic acids is 1. The summed E-state index contributed by atoms with van der Waals surface area (Å²) in [6.45, 7) is 2.34. The number of carbonyl (C=O) groups is 1. The summed E-state index contributed by atoms with van der Waals surface area (Å²) in [5.74, 6) is -0.339. The van der Waals surface area contributed by atoms with Gasteiger partial charge in [0.2, 0.25) is 5.91 Å². The van der Waals surface area contributed by atoms with Crippen molar-refractivity contribution in [3.63, 3.8) is 0 Å². The summed E-state index contributed by atoms with van der Waals surface area (Å²) < 4.78 is 13.1. The molecule has 0 aliphatic heterocycles. The number of likely N-dealkylation sites (N-methyl/N-ethyl adjacent to an activating group) is 1. The maximum Gasteiger partial charge on any atom is 0.234 e. The smallest absolute Gasteiger partial charge is 0.234 e. The SMILES string of the molecule is CNCC(=O)NCc1ccc(C)c(F)c1.Cl. The molecule has 1 aromatic rings. The van der Waals surface area contributed by atoms with E-state index in [0.29, 0.717) is 12.1 Å². The maximum atomic E-state index is 13.1. The molecule has 0 radical (unpaired) electrons. The Balaban J connectivity index is 0.00000225. The molecule has 0 atom stereocenters. The van der Waals surface area contributed by atoms with Gasteiger partial charge in [-0.05, 0) is 31.2 Å². The van der Waals surface area contributed by atoms with Crippen molar-refractivity contribution in [3.05, 3.63) is 35.1 Å². The van der Waals surface area contributed by atoms with Crippen molar-refractivity contribution >= 4 is 18.3 Å². The van der Waals surface area contributed by atoms with Crippen LogP contribution in [0.2, 0.25) is 0 Å². The van der Waals surface area contributed by atoms with Crippen LogP contribution in [-0.2, 0) is 11.3 Å². The molecule has 16 heavy (non-hydrogen) atoms. The minimum atomic E-state index is -0.240. The van der Waals surface area contributed by atoms with Gasteiger partial charge in [0.05, 0.1) is 6.54 Å². The van der Waals surface area contributed by atoms with Gasteiger partial charge in [-0.3, -0.25) is 4.79 Å². The van der Waals surface area contributed by atoms with Crippen molar-refractivity contribution < 1.29 is 9.18 Å². The van der Waals surface area contributed by atoms with E-state index in [0.717, 1.165) is 5.56 Å². The van der Waals surface area contributed by atoms with Crippen LogP contribution >= 0.6 is 12.4 Å². The Kier molecular flexibility index (Phi) is 6.69. The molecule has 0 aliphatic carbocycles. The van der Waals surface area contributed by atoms with Gasteiger partial charge in [0.1, 0.15) is 5.82 Å². The topological polar surface area (TPSA) is 41.1 Å². The van der Waals surface area contributed by atoms with Crippen LogP contribution in [0, 0.1) is 12.7 Å². The van der Waals surface area contributed by atoms with Gasteiger partial charge in [-0.25, -0.2) is 4.39 Å². The molecule has 1 rings (SSSR count). The van der Waals surface area contributed by atoms with E-state index in [2.05, 4.69) is 10.6 Å². The Morgan fingerprint density at radius 1 is 1.44 bits per heavy atom. The molecule has 0 fully saturated rings. The first-order valence-corrected chi connectivity index (χ1v) is 4.80. The third-order valence-electron chi connectivity index (χ3n) is 2.06. The minimum absolute atomic E-state index is 0. The number of aryl methyl sites for hydroxylation is 1. The van der Waals surface area contributed by atoms with Gasteiger partial charge in [0.15, 0.2) is 0 Å². The normalized spacial score (nSPS) is 9.44. The lowest BCUT2D eigenvalue weighted by atomic mass is 10.1. The highest BCUT2D eigenvalue weighted by atomic mass is 35.5. The first kappa shape index (κ1) is 14.9. The molecule has 0 heterocycles. The molecule has 0 saturated heterocycles. The molecule has 0 aliphatic rings. The molecule has 3 nitrogen and oxygen atoms in total. The number of hydrogen-bond donors (Lipinski definition) is 2. The molecule has 0 aromatic heterocycles. The van der Waals surface area contributed by atoms with Crippen LogP contribution in [0.3, 0.4) is 0 Å². The second-order valence-corrected chi connectivity index (χ2v) is 3.39. The van der Waals surface area contributed by atoms with Crippen molar-refractivity contribution in [2.24, 2.45) is 0 Å². The van der Waals surface area contributed by atoms with E-state index < -0.39 is 0 Å². The van der Waals surface area contributed by atoms with E-state index in [1.165, 1.54) is 6.07 Å². The molecule has 0 bridgehead atoms. The lowest BCUT2D eigenvalue weighted by molar-refractivity contribution is -0.120. The Morgan fingerprint density at radius 2 is 2.12 bits per heavy atom. The van der Waals surface area contributed by atoms with Gasteiger partial charge in [-0.1, -0.05) is 12.1 Å². The molecule has 0 unspecified atom stereocenters. The highest BCUT2D eigenvalue weighted by Gasteiger charge is 2.01. The van der Waals surface area contributed by atoms with Crippen LogP contribution in [0.15, 0.2) is 18.2 Å². The third kappa shape index (κ3) is 4.59. The average Bonchev–Trinajstić information content (AvgIpc) is 2.20. The minimum Gasteiger partial charge on any atom is -0.351 e. The largest absolute Gasteiger partial charge is 0.351 e. The van der Waals surface area contributed by atoms with Crippen LogP contribution in [-0.4, -0.2) is 19.5 Å². The highest BCUT2D eigenvalue weighted by Crippen LogP contribution is 2.08. The first-order valence-electron chi connectivity index (χ1n) is 4.80. The van der Waals surface area contributed by atoms with Crippen molar-refractivity contribution in [1.29, 1.82) is 0 Å². The summed E-state index contributed by atoms with van der Waals surface area (Å²) in [4.78, 5) is 11.1. The van der Waals surface area contributed by atoms with Crippen LogP contribution in [0.4, 0.5) is 4.39 Å². The molecule has 1 amide bonds. The molecule has 2 N–H and O–H groups in total. The fourth-order valence-electron chi connectivity index (χ4n) is 1.17. The first-order chi connectivity index (χ1) is 7.13. The average molecular weight is 247 g/mol. The zero-order chi connectivity index (χ0) is 11.3. The quantitative estimate of drug-likeness (QED) is 0.843. The van der Waals surface area contributed by atoms with Gasteiger partial charge in [-0.2, -0.15) is 0 Å².